The van der Waals surface area contributed by atoms with Gasteiger partial charge in [-0.25, -0.2) is 0 Å². The summed E-state index contributed by atoms with van der Waals surface area (Å²) in [5.41, 5.74) is -1.76. The molecule has 74 heavy (non-hydrogen) atoms. The number of hydrogen-bond acceptors (Lipinski definition) is 16. The molecule has 0 atom stereocenters. The third kappa shape index (κ3) is 35.6. The fourth-order valence-electron chi connectivity index (χ4n) is 5.25. The number of hydrogen-bond donors (Lipinski definition) is 8. The quantitative estimate of drug-likeness (QED) is 0.0321. The lowest BCUT2D eigenvalue weighted by atomic mass is 9.92. The van der Waals surface area contributed by atoms with Gasteiger partial charge in [0, 0.05) is 47.3 Å². The van der Waals surface area contributed by atoms with Gasteiger partial charge in [0.05, 0.1) is 63.7 Å². The molecule has 8 amide bonds. The van der Waals surface area contributed by atoms with Crippen molar-refractivity contribution in [2.75, 3.05) is 107 Å². The van der Waals surface area contributed by atoms with Crippen LogP contribution in [0.15, 0.2) is 0 Å². The second-order valence-corrected chi connectivity index (χ2v) is 20.5. The maximum absolute atomic E-state index is 11.9. The average Bonchev–Trinajstić information content (AvgIpc) is 3.33. The summed E-state index contributed by atoms with van der Waals surface area (Å²) in [6, 6.07) is 0. The summed E-state index contributed by atoms with van der Waals surface area (Å²) in [6.07, 6.45) is 0. The van der Waals surface area contributed by atoms with E-state index in [9.17, 15) is 38.4 Å². The van der Waals surface area contributed by atoms with Gasteiger partial charge < -0.3 is 80.4 Å². The van der Waals surface area contributed by atoms with Gasteiger partial charge in [-0.3, -0.25) is 38.4 Å². The molecule has 0 radical (unpaired) electrons. The molecule has 0 aliphatic carbocycles. The number of carbonyl (C=O) groups is 8. The summed E-state index contributed by atoms with van der Waals surface area (Å²) >= 11 is 0. The third-order valence-electron chi connectivity index (χ3n) is 10.2. The molecular formula is C50H96N8O16. The first-order chi connectivity index (χ1) is 34.6. The Morgan fingerprint density at radius 1 is 0.230 bits per heavy atom. The van der Waals surface area contributed by atoms with Crippen molar-refractivity contribution in [2.45, 2.75) is 111 Å². The monoisotopic (exact) mass is 1060 g/mol. The van der Waals surface area contributed by atoms with Gasteiger partial charge in [0.2, 0.25) is 47.3 Å². The topological polar surface area (TPSA) is 307 Å². The maximum Gasteiger partial charge on any atom is 0.224 e. The fraction of sp³-hybridized carbons (Fsp3) is 0.840. The summed E-state index contributed by atoms with van der Waals surface area (Å²) in [7, 11) is 0. The molecule has 24 heteroatoms. The summed E-state index contributed by atoms with van der Waals surface area (Å²) in [4.78, 5) is 95.0. The van der Waals surface area contributed by atoms with E-state index in [0.717, 1.165) is 0 Å². The molecule has 0 aromatic carbocycles. The van der Waals surface area contributed by atoms with E-state index in [1.807, 2.05) is 0 Å². The lowest BCUT2D eigenvalue weighted by Gasteiger charge is -2.33. The summed E-state index contributed by atoms with van der Waals surface area (Å²) in [5, 5.41) is 21.5. The van der Waals surface area contributed by atoms with E-state index in [4.69, 9.17) is 37.9 Å². The number of amides is 8. The lowest BCUT2D eigenvalue weighted by Crippen LogP contribution is -2.46. The predicted octanol–water partition coefficient (Wildman–Crippen LogP) is 1.92. The molecule has 0 bridgehead atoms. The van der Waals surface area contributed by atoms with Gasteiger partial charge in [-0.2, -0.15) is 0 Å². The van der Waals surface area contributed by atoms with E-state index >= 15 is 0 Å². The Balaban J connectivity index is 0. The zero-order valence-electron chi connectivity index (χ0n) is 47.5. The predicted molar refractivity (Wildman–Crippen MR) is 275 cm³/mol. The zero-order valence-corrected chi connectivity index (χ0v) is 47.5. The first-order valence-corrected chi connectivity index (χ1v) is 25.5. The van der Waals surface area contributed by atoms with Crippen LogP contribution in [0, 0.1) is 58.2 Å². The van der Waals surface area contributed by atoms with Crippen molar-refractivity contribution in [3.8, 4) is 0 Å². The van der Waals surface area contributed by atoms with Crippen molar-refractivity contribution in [1.82, 2.24) is 42.5 Å². The summed E-state index contributed by atoms with van der Waals surface area (Å²) in [6.45, 7) is 28.7. The number of ether oxygens (including phenoxy) is 8. The van der Waals surface area contributed by atoms with Gasteiger partial charge in [0.15, 0.2) is 0 Å². The molecule has 0 aliphatic rings. The Morgan fingerprint density at radius 3 is 0.405 bits per heavy atom. The molecule has 0 aromatic rings. The van der Waals surface area contributed by atoms with Crippen LogP contribution in [-0.4, -0.2) is 154 Å². The largest absolute Gasteiger partial charge is 0.360 e. The molecule has 0 aliphatic heterocycles. The van der Waals surface area contributed by atoms with Gasteiger partial charge in [0.1, 0.15) is 53.8 Å². The Hall–Kier alpha value is -4.56. The Morgan fingerprint density at radius 2 is 0.324 bits per heavy atom. The van der Waals surface area contributed by atoms with Crippen molar-refractivity contribution in [3.63, 3.8) is 0 Å². The zero-order chi connectivity index (χ0) is 56.9. The first kappa shape index (κ1) is 71.5. The summed E-state index contributed by atoms with van der Waals surface area (Å²) in [5.74, 6) is -2.77. The van der Waals surface area contributed by atoms with Crippen LogP contribution in [0.3, 0.4) is 0 Å². The van der Waals surface area contributed by atoms with Crippen molar-refractivity contribution in [2.24, 2.45) is 58.2 Å². The smallest absolute Gasteiger partial charge is 0.224 e. The van der Waals surface area contributed by atoms with Gasteiger partial charge in [-0.15, -0.1) is 0 Å². The second kappa shape index (κ2) is 40.7. The van der Waals surface area contributed by atoms with Crippen LogP contribution >= 0.6 is 0 Å². The molecule has 0 heterocycles. The van der Waals surface area contributed by atoms with Crippen molar-refractivity contribution in [3.05, 3.63) is 0 Å². The standard InChI is InChI=1S/2C25H48N4O8/c2*1-17(2)21(30)26-13-34-9-25(10-35-14-27-22(31)18(3)4,11-36-15-28-23(32)19(5)6)12-37-16-29-24(33)20(7)8/h2*17-20H,9-16H2,1-8H3,(H,26,30)(H,27,31)(H,28,32)(H,29,33). The molecule has 0 spiro atoms. The highest BCUT2D eigenvalue weighted by atomic mass is 16.5. The highest BCUT2D eigenvalue weighted by Crippen LogP contribution is 2.22. The van der Waals surface area contributed by atoms with Crippen LogP contribution in [0.1, 0.15) is 111 Å². The maximum atomic E-state index is 11.9. The number of nitrogens with one attached hydrogen (secondary N) is 8. The Kier molecular flexibility index (Phi) is 39.3. The van der Waals surface area contributed by atoms with E-state index in [1.54, 1.807) is 111 Å². The van der Waals surface area contributed by atoms with Gasteiger partial charge in [-0.05, 0) is 0 Å². The fourth-order valence-corrected chi connectivity index (χ4v) is 5.25. The molecule has 0 saturated carbocycles. The Labute approximate surface area is 440 Å². The SMILES string of the molecule is CC(C)C(=O)NCOCC(COCNC(=O)C(C)C)(COCNC(=O)C(C)C)COCNC(=O)C(C)C.CC(C)C(=O)NCOCC(COCNC(=O)C(C)C)(COCNC(=O)C(C)C)COCNC(=O)C(C)C. The average molecular weight is 1070 g/mol. The molecule has 0 rings (SSSR count). The second-order valence-electron chi connectivity index (χ2n) is 20.5. The van der Waals surface area contributed by atoms with E-state index in [1.165, 1.54) is 0 Å². The van der Waals surface area contributed by atoms with Crippen molar-refractivity contribution < 1.29 is 76.3 Å². The van der Waals surface area contributed by atoms with E-state index in [-0.39, 0.29) is 201 Å². The van der Waals surface area contributed by atoms with Crippen molar-refractivity contribution >= 4 is 47.3 Å². The van der Waals surface area contributed by atoms with Crippen LogP contribution in [0.5, 0.6) is 0 Å². The molecule has 0 fully saturated rings. The van der Waals surface area contributed by atoms with E-state index < -0.39 is 10.8 Å². The van der Waals surface area contributed by atoms with Gasteiger partial charge in [-0.1, -0.05) is 111 Å². The van der Waals surface area contributed by atoms with Crippen LogP contribution < -0.4 is 42.5 Å². The van der Waals surface area contributed by atoms with E-state index in [2.05, 4.69) is 42.5 Å². The highest BCUT2D eigenvalue weighted by molar-refractivity contribution is 5.80. The molecular weight excluding hydrogens is 969 g/mol. The van der Waals surface area contributed by atoms with Gasteiger partial charge in [0.25, 0.3) is 0 Å². The minimum absolute atomic E-state index is 0.0307. The number of carbonyl (C=O) groups excluding carboxylic acids is 8. The van der Waals surface area contributed by atoms with Crippen LogP contribution in [0.4, 0.5) is 0 Å². The minimum atomic E-state index is -0.879. The van der Waals surface area contributed by atoms with Crippen LogP contribution in [0.25, 0.3) is 0 Å². The number of rotatable bonds is 40. The Bertz CT molecular complexity index is 1280. The normalized spacial score (nSPS) is 11.8. The van der Waals surface area contributed by atoms with Gasteiger partial charge >= 0.3 is 0 Å². The van der Waals surface area contributed by atoms with Crippen molar-refractivity contribution in [1.29, 1.82) is 0 Å². The molecule has 0 unspecified atom stereocenters. The van der Waals surface area contributed by atoms with Crippen LogP contribution in [-0.2, 0) is 76.3 Å². The molecule has 0 aromatic heterocycles. The summed E-state index contributed by atoms with van der Waals surface area (Å²) < 4.78 is 45.9. The minimum Gasteiger partial charge on any atom is -0.360 e. The molecule has 432 valence electrons. The lowest BCUT2D eigenvalue weighted by molar-refractivity contribution is -0.138. The molecule has 0 saturated heterocycles. The third-order valence-corrected chi connectivity index (χ3v) is 10.2. The molecule has 24 nitrogen and oxygen atoms in total. The highest BCUT2D eigenvalue weighted by Gasteiger charge is 2.35. The van der Waals surface area contributed by atoms with Crippen LogP contribution in [0.2, 0.25) is 0 Å². The van der Waals surface area contributed by atoms with E-state index in [0.29, 0.717) is 0 Å². The first-order valence-electron chi connectivity index (χ1n) is 25.5. The molecule has 8 N–H and O–H groups in total.